The van der Waals surface area contributed by atoms with Crippen LogP contribution in [0.4, 0.5) is 14.5 Å². The molecular weight excluding hydrogens is 396 g/mol. The second-order valence-electron chi connectivity index (χ2n) is 6.93. The summed E-state index contributed by atoms with van der Waals surface area (Å²) in [5.41, 5.74) is 2.38. The fourth-order valence-electron chi connectivity index (χ4n) is 3.78. The van der Waals surface area contributed by atoms with Crippen LogP contribution in [-0.4, -0.2) is 22.6 Å². The van der Waals surface area contributed by atoms with Crippen LogP contribution in [0.5, 0.6) is 0 Å². The van der Waals surface area contributed by atoms with Crippen molar-refractivity contribution < 1.29 is 18.1 Å². The number of benzene rings is 1. The van der Waals surface area contributed by atoms with Crippen LogP contribution in [0.3, 0.4) is 0 Å². The number of nitrogens with zero attached hydrogens (tertiary/aromatic N) is 3. The summed E-state index contributed by atoms with van der Waals surface area (Å²) < 4.78 is 33.5. The van der Waals surface area contributed by atoms with Gasteiger partial charge in [0, 0.05) is 18.2 Å². The lowest BCUT2D eigenvalue weighted by molar-refractivity contribution is 0.0986. The molecule has 0 radical (unpaired) electrons. The third-order valence-electron chi connectivity index (χ3n) is 5.10. The Balaban J connectivity index is 1.69. The van der Waals surface area contributed by atoms with Gasteiger partial charge in [-0.2, -0.15) is 0 Å². The zero-order valence-electron chi connectivity index (χ0n) is 15.4. The highest BCUT2D eigenvalue weighted by atomic mass is 32.1. The van der Waals surface area contributed by atoms with E-state index in [0.717, 1.165) is 10.9 Å². The number of anilines is 1. The lowest BCUT2D eigenvalue weighted by Crippen LogP contribution is -2.36. The van der Waals surface area contributed by atoms with Gasteiger partial charge in [0.15, 0.2) is 0 Å². The molecule has 0 saturated heterocycles. The van der Waals surface area contributed by atoms with Crippen molar-refractivity contribution >= 4 is 34.0 Å². The van der Waals surface area contributed by atoms with Crippen LogP contribution in [0.25, 0.3) is 21.7 Å². The van der Waals surface area contributed by atoms with E-state index in [1.807, 2.05) is 17.5 Å². The number of aryl methyl sites for hydroxylation is 1. The number of pyridine rings is 1. The Morgan fingerprint density at radius 1 is 1.28 bits per heavy atom. The van der Waals surface area contributed by atoms with E-state index in [9.17, 15) is 13.6 Å². The van der Waals surface area contributed by atoms with Gasteiger partial charge >= 0.3 is 0 Å². The van der Waals surface area contributed by atoms with E-state index in [-0.39, 0.29) is 17.3 Å². The third kappa shape index (κ3) is 2.91. The van der Waals surface area contributed by atoms with Crippen LogP contribution in [0, 0.1) is 18.6 Å². The topological polar surface area (TPSA) is 59.2 Å². The second-order valence-corrected chi connectivity index (χ2v) is 7.87. The summed E-state index contributed by atoms with van der Waals surface area (Å²) >= 11 is 1.49. The molecule has 0 aliphatic carbocycles. The van der Waals surface area contributed by atoms with Crippen LogP contribution >= 0.6 is 11.3 Å². The summed E-state index contributed by atoms with van der Waals surface area (Å²) in [5.74, 6) is -1.69. The molecule has 0 atom stereocenters. The maximum Gasteiger partial charge on any atom is 0.259 e. The highest BCUT2D eigenvalue weighted by Crippen LogP contribution is 2.34. The minimum Gasteiger partial charge on any atom is -0.335 e. The number of thiophene rings is 1. The lowest BCUT2D eigenvalue weighted by Gasteiger charge is -2.30. The predicted molar refractivity (Wildman–Crippen MR) is 106 cm³/mol. The van der Waals surface area contributed by atoms with Crippen molar-refractivity contribution in [2.75, 3.05) is 11.4 Å². The number of fused-ring (bicyclic) bond motifs is 2. The Labute approximate surface area is 168 Å². The highest BCUT2D eigenvalue weighted by Gasteiger charge is 2.29. The Morgan fingerprint density at radius 2 is 2.14 bits per heavy atom. The molecule has 146 valence electrons. The van der Waals surface area contributed by atoms with Crippen LogP contribution < -0.4 is 4.90 Å². The monoisotopic (exact) mass is 411 g/mol. The van der Waals surface area contributed by atoms with E-state index in [0.29, 0.717) is 47.3 Å². The fraction of sp³-hybridized carbons (Fsp3) is 0.190. The van der Waals surface area contributed by atoms with Gasteiger partial charge in [0.25, 0.3) is 11.6 Å². The molecule has 0 bridgehead atoms. The van der Waals surface area contributed by atoms with Crippen LogP contribution in [0.1, 0.15) is 28.0 Å². The van der Waals surface area contributed by atoms with Gasteiger partial charge in [-0.15, -0.1) is 11.3 Å². The Morgan fingerprint density at radius 3 is 2.93 bits per heavy atom. The zero-order chi connectivity index (χ0) is 20.1. The number of hydrogen-bond acceptors (Lipinski definition) is 5. The first-order valence-corrected chi connectivity index (χ1v) is 10.0. The van der Waals surface area contributed by atoms with Crippen molar-refractivity contribution in [1.82, 2.24) is 10.1 Å². The van der Waals surface area contributed by atoms with E-state index in [1.165, 1.54) is 22.3 Å². The van der Waals surface area contributed by atoms with Crippen molar-refractivity contribution in [3.63, 3.8) is 0 Å². The lowest BCUT2D eigenvalue weighted by atomic mass is 9.99. The molecule has 1 amide bonds. The first-order valence-electron chi connectivity index (χ1n) is 9.13. The van der Waals surface area contributed by atoms with Gasteiger partial charge in [0.1, 0.15) is 11.6 Å². The molecule has 8 heteroatoms. The molecule has 4 heterocycles. The molecule has 0 N–H and O–H groups in total. The standard InChI is InChI=1S/C21H15F2N3O2S/c1-11-19-14(10-16(18-5-3-7-29-18)24-20(19)28-25-11)21(27)26-6-2-4-13-15(23)8-12(22)9-17(13)26/h3,5,7-10H,2,4,6H2,1H3. The van der Waals surface area contributed by atoms with Crippen LogP contribution in [0.15, 0.2) is 40.2 Å². The summed E-state index contributed by atoms with van der Waals surface area (Å²) in [6.45, 7) is 2.11. The number of hydrogen-bond donors (Lipinski definition) is 0. The number of halogens is 2. The van der Waals surface area contributed by atoms with E-state index in [2.05, 4.69) is 10.1 Å². The van der Waals surface area contributed by atoms with Gasteiger partial charge in [-0.05, 0) is 43.3 Å². The third-order valence-corrected chi connectivity index (χ3v) is 5.99. The zero-order valence-corrected chi connectivity index (χ0v) is 16.2. The van der Waals surface area contributed by atoms with Gasteiger partial charge in [0.2, 0.25) is 0 Å². The molecule has 1 aliphatic heterocycles. The van der Waals surface area contributed by atoms with Crippen molar-refractivity contribution in [2.45, 2.75) is 19.8 Å². The Hall–Kier alpha value is -3.13. The quantitative estimate of drug-likeness (QED) is 0.459. The largest absolute Gasteiger partial charge is 0.335 e. The van der Waals surface area contributed by atoms with Gasteiger partial charge in [-0.25, -0.2) is 13.8 Å². The maximum atomic E-state index is 14.3. The normalized spacial score (nSPS) is 13.7. The molecular formula is C21H15F2N3O2S. The van der Waals surface area contributed by atoms with Gasteiger partial charge in [0.05, 0.1) is 32.9 Å². The van der Waals surface area contributed by atoms with E-state index < -0.39 is 11.6 Å². The van der Waals surface area contributed by atoms with Crippen molar-refractivity contribution in [3.05, 3.63) is 64.2 Å². The van der Waals surface area contributed by atoms with Gasteiger partial charge in [-0.1, -0.05) is 11.2 Å². The van der Waals surface area contributed by atoms with Crippen LogP contribution in [0.2, 0.25) is 0 Å². The maximum absolute atomic E-state index is 14.3. The van der Waals surface area contributed by atoms with Crippen molar-refractivity contribution in [1.29, 1.82) is 0 Å². The molecule has 0 fully saturated rings. The van der Waals surface area contributed by atoms with Crippen LogP contribution in [-0.2, 0) is 6.42 Å². The number of rotatable bonds is 2. The number of carbonyl (C=O) groups is 1. The number of amides is 1. The summed E-state index contributed by atoms with van der Waals surface area (Å²) in [4.78, 5) is 20.4. The first kappa shape index (κ1) is 17.9. The van der Waals surface area contributed by atoms with E-state index >= 15 is 0 Å². The average Bonchev–Trinajstić information content (AvgIpc) is 3.37. The second kappa shape index (κ2) is 6.73. The smallest absolute Gasteiger partial charge is 0.259 e. The molecule has 1 aliphatic rings. The molecule has 4 aromatic rings. The Kier molecular flexibility index (Phi) is 4.16. The molecule has 0 spiro atoms. The molecule has 1 aromatic carbocycles. The van der Waals surface area contributed by atoms with Gasteiger partial charge < -0.3 is 9.42 Å². The highest BCUT2D eigenvalue weighted by molar-refractivity contribution is 7.13. The molecule has 0 unspecified atom stereocenters. The molecule has 0 saturated carbocycles. The first-order chi connectivity index (χ1) is 14.0. The number of aromatic nitrogens is 2. The molecule has 29 heavy (non-hydrogen) atoms. The van der Waals surface area contributed by atoms with E-state index in [4.69, 9.17) is 4.52 Å². The fourth-order valence-corrected chi connectivity index (χ4v) is 4.47. The molecule has 5 rings (SSSR count). The minimum absolute atomic E-state index is 0.263. The van der Waals surface area contributed by atoms with E-state index in [1.54, 1.807) is 13.0 Å². The summed E-state index contributed by atoms with van der Waals surface area (Å²) in [5, 5.41) is 6.38. The minimum atomic E-state index is -0.707. The summed E-state index contributed by atoms with van der Waals surface area (Å²) in [6, 6.07) is 7.57. The average molecular weight is 411 g/mol. The summed E-state index contributed by atoms with van der Waals surface area (Å²) in [6.07, 6.45) is 1.06. The van der Waals surface area contributed by atoms with Crippen molar-refractivity contribution in [2.24, 2.45) is 0 Å². The number of carbonyl (C=O) groups excluding carboxylic acids is 1. The SMILES string of the molecule is Cc1noc2nc(-c3cccs3)cc(C(=O)N3CCCc4c(F)cc(F)cc43)c12. The molecule has 5 nitrogen and oxygen atoms in total. The van der Waals surface area contributed by atoms with Gasteiger partial charge in [-0.3, -0.25) is 4.79 Å². The van der Waals surface area contributed by atoms with Crippen molar-refractivity contribution in [3.8, 4) is 10.6 Å². The summed E-state index contributed by atoms with van der Waals surface area (Å²) in [7, 11) is 0. The Bertz CT molecular complexity index is 1250. The predicted octanol–water partition coefficient (Wildman–Crippen LogP) is 5.13. The molecule has 3 aromatic heterocycles.